The van der Waals surface area contributed by atoms with Gasteiger partial charge in [0.05, 0.1) is 23.8 Å². The van der Waals surface area contributed by atoms with Gasteiger partial charge in [0.25, 0.3) is 16.0 Å². The van der Waals surface area contributed by atoms with Gasteiger partial charge in [0, 0.05) is 17.7 Å². The Morgan fingerprint density at radius 3 is 2.03 bits per heavy atom. The van der Waals surface area contributed by atoms with Crippen LogP contribution in [0.1, 0.15) is 37.0 Å². The Balaban J connectivity index is 1.61. The van der Waals surface area contributed by atoms with Gasteiger partial charge in [0.2, 0.25) is 0 Å². The first-order valence-electron chi connectivity index (χ1n) is 12.2. The first-order valence-corrected chi connectivity index (χ1v) is 13.6. The first-order chi connectivity index (χ1) is 17.7. The van der Waals surface area contributed by atoms with Crippen LogP contribution in [0.5, 0.6) is 5.75 Å². The van der Waals surface area contributed by atoms with Crippen LogP contribution in [0.3, 0.4) is 0 Å². The molecule has 0 saturated heterocycles. The Morgan fingerprint density at radius 2 is 1.43 bits per heavy atom. The molecule has 1 aliphatic rings. The molecule has 0 radical (unpaired) electrons. The third kappa shape index (κ3) is 6.01. The lowest BCUT2D eigenvalue weighted by molar-refractivity contribution is -0.114. The molecular formula is C30H31NO5S. The van der Waals surface area contributed by atoms with Gasteiger partial charge in [-0.1, -0.05) is 47.5 Å². The summed E-state index contributed by atoms with van der Waals surface area (Å²) in [6.45, 7) is 8.13. The number of nitrogens with zero attached hydrogens (tertiary/aromatic N) is 1. The molecule has 7 heteroatoms. The molecule has 0 saturated carbocycles. The van der Waals surface area contributed by atoms with Gasteiger partial charge in [-0.2, -0.15) is 8.42 Å². The largest absolute Gasteiger partial charge is 0.494 e. The molecule has 6 nitrogen and oxygen atoms in total. The summed E-state index contributed by atoms with van der Waals surface area (Å²) in [5.41, 5.74) is 5.82. The van der Waals surface area contributed by atoms with E-state index in [9.17, 15) is 13.2 Å². The summed E-state index contributed by atoms with van der Waals surface area (Å²) in [5.74, 6) is 0.526. The van der Waals surface area contributed by atoms with Crippen molar-refractivity contribution in [3.8, 4) is 5.75 Å². The van der Waals surface area contributed by atoms with Gasteiger partial charge in [-0.3, -0.25) is 13.9 Å². The first kappa shape index (κ1) is 26.4. The molecule has 0 N–H and O–H groups in total. The summed E-state index contributed by atoms with van der Waals surface area (Å²) >= 11 is 0. The quantitative estimate of drug-likeness (QED) is 0.316. The topological polar surface area (TPSA) is 72.9 Å². The molecule has 0 fully saturated rings. The molecule has 0 bridgehead atoms. The smallest absolute Gasteiger partial charge is 0.296 e. The number of aryl methyl sites for hydroxylation is 2. The number of carbonyl (C=O) groups excluding carboxylic acids is 1. The lowest BCUT2D eigenvalue weighted by atomic mass is 10.1. The van der Waals surface area contributed by atoms with Gasteiger partial charge in [0.1, 0.15) is 5.75 Å². The number of hydrogen-bond acceptors (Lipinski definition) is 5. The van der Waals surface area contributed by atoms with E-state index in [4.69, 9.17) is 8.92 Å². The van der Waals surface area contributed by atoms with Crippen molar-refractivity contribution in [1.82, 2.24) is 0 Å². The maximum absolute atomic E-state index is 13.6. The van der Waals surface area contributed by atoms with Crippen LogP contribution in [0.15, 0.2) is 94.5 Å². The Morgan fingerprint density at radius 1 is 0.838 bits per heavy atom. The van der Waals surface area contributed by atoms with Gasteiger partial charge in [-0.05, 0) is 81.3 Å². The molecule has 1 amide bonds. The number of rotatable bonds is 9. The molecule has 3 aromatic rings. The molecule has 192 valence electrons. The summed E-state index contributed by atoms with van der Waals surface area (Å²) in [4.78, 5) is 15.4. The lowest BCUT2D eigenvalue weighted by Gasteiger charge is -2.20. The third-order valence-electron chi connectivity index (χ3n) is 6.23. The zero-order valence-corrected chi connectivity index (χ0v) is 22.3. The van der Waals surface area contributed by atoms with Crippen molar-refractivity contribution in [3.05, 3.63) is 106 Å². The van der Waals surface area contributed by atoms with Crippen LogP contribution in [0.25, 0.3) is 6.08 Å². The van der Waals surface area contributed by atoms with Gasteiger partial charge >= 0.3 is 0 Å². The lowest BCUT2D eigenvalue weighted by Crippen LogP contribution is -2.25. The fraction of sp³-hybridized carbons (Fsp3) is 0.233. The zero-order valence-electron chi connectivity index (χ0n) is 21.5. The molecule has 0 atom stereocenters. The maximum Gasteiger partial charge on any atom is 0.296 e. The van der Waals surface area contributed by atoms with E-state index < -0.39 is 10.1 Å². The molecule has 3 aromatic carbocycles. The van der Waals surface area contributed by atoms with E-state index in [0.717, 1.165) is 33.7 Å². The van der Waals surface area contributed by atoms with Gasteiger partial charge < -0.3 is 4.74 Å². The Labute approximate surface area is 219 Å². The van der Waals surface area contributed by atoms with Gasteiger partial charge in [-0.15, -0.1) is 0 Å². The summed E-state index contributed by atoms with van der Waals surface area (Å²) in [6.07, 6.45) is 2.13. The van der Waals surface area contributed by atoms with Gasteiger partial charge in [-0.25, -0.2) is 0 Å². The highest BCUT2D eigenvalue weighted by Gasteiger charge is 2.34. The van der Waals surface area contributed by atoms with Crippen molar-refractivity contribution in [2.45, 2.75) is 39.0 Å². The minimum Gasteiger partial charge on any atom is -0.494 e. The number of benzene rings is 3. The molecule has 0 aromatic heterocycles. The molecule has 1 heterocycles. The van der Waals surface area contributed by atoms with E-state index in [2.05, 4.69) is 0 Å². The predicted molar refractivity (Wildman–Crippen MR) is 146 cm³/mol. The van der Waals surface area contributed by atoms with Crippen LogP contribution >= 0.6 is 0 Å². The van der Waals surface area contributed by atoms with Crippen LogP contribution in [-0.4, -0.2) is 27.5 Å². The summed E-state index contributed by atoms with van der Waals surface area (Å²) in [6, 6.07) is 21.9. The normalized spacial score (nSPS) is 15.1. The molecule has 37 heavy (non-hydrogen) atoms. The number of hydrogen-bond donors (Lipinski definition) is 0. The predicted octanol–water partition coefficient (Wildman–Crippen LogP) is 6.20. The van der Waals surface area contributed by atoms with Crippen molar-refractivity contribution < 1.29 is 22.1 Å². The molecule has 0 aliphatic carbocycles. The van der Waals surface area contributed by atoms with E-state index in [1.54, 1.807) is 17.0 Å². The van der Waals surface area contributed by atoms with Crippen LogP contribution in [-0.2, 0) is 19.1 Å². The molecular weight excluding hydrogens is 486 g/mol. The summed E-state index contributed by atoms with van der Waals surface area (Å²) in [7, 11) is -3.92. The fourth-order valence-electron chi connectivity index (χ4n) is 4.16. The van der Waals surface area contributed by atoms with Crippen LogP contribution in [0, 0.1) is 13.8 Å². The molecule has 1 aliphatic heterocycles. The van der Waals surface area contributed by atoms with Crippen molar-refractivity contribution in [2.75, 3.05) is 18.1 Å². The third-order valence-corrected chi connectivity index (χ3v) is 7.55. The minimum atomic E-state index is -3.92. The number of carbonyl (C=O) groups is 1. The van der Waals surface area contributed by atoms with Crippen LogP contribution < -0.4 is 9.64 Å². The number of ether oxygens (including phenoxy) is 1. The van der Waals surface area contributed by atoms with Gasteiger partial charge in [0.15, 0.2) is 0 Å². The Bertz CT molecular complexity index is 1440. The second-order valence-corrected chi connectivity index (χ2v) is 10.6. The maximum atomic E-state index is 13.6. The average Bonchev–Trinajstić information content (AvgIpc) is 3.10. The second kappa shape index (κ2) is 11.2. The van der Waals surface area contributed by atoms with Crippen molar-refractivity contribution >= 4 is 27.8 Å². The van der Waals surface area contributed by atoms with Crippen LogP contribution in [0.2, 0.25) is 0 Å². The Hall–Kier alpha value is -3.68. The highest BCUT2D eigenvalue weighted by molar-refractivity contribution is 7.86. The highest BCUT2D eigenvalue weighted by atomic mass is 32.2. The van der Waals surface area contributed by atoms with E-state index in [1.807, 2.05) is 82.3 Å². The standard InChI is InChI=1S/C30H31NO5S/c1-5-35-26-14-12-25(13-15-26)31-29(20-24-10-6-21(2)7-11-24)23(4)28(30(31)32)18-19-36-37(33,34)27-16-8-22(3)9-17-27/h6-17,20H,5,18-19H2,1-4H3/b29-20+. The van der Waals surface area contributed by atoms with Crippen molar-refractivity contribution in [3.63, 3.8) is 0 Å². The summed E-state index contributed by atoms with van der Waals surface area (Å²) < 4.78 is 36.1. The molecule has 4 rings (SSSR count). The molecule has 0 spiro atoms. The van der Waals surface area contributed by atoms with E-state index in [0.29, 0.717) is 17.9 Å². The number of allylic oxidation sites excluding steroid dienone is 1. The minimum absolute atomic E-state index is 0.0949. The van der Waals surface area contributed by atoms with Crippen molar-refractivity contribution in [2.24, 2.45) is 0 Å². The second-order valence-electron chi connectivity index (χ2n) is 8.95. The summed E-state index contributed by atoms with van der Waals surface area (Å²) in [5, 5.41) is 0. The molecule has 0 unspecified atom stereocenters. The Kier molecular flexibility index (Phi) is 7.95. The van der Waals surface area contributed by atoms with E-state index in [-0.39, 0.29) is 23.8 Å². The van der Waals surface area contributed by atoms with Crippen LogP contribution in [0.4, 0.5) is 5.69 Å². The SMILES string of the molecule is CCOc1ccc(N2C(=O)C(CCOS(=O)(=O)c3ccc(C)cc3)=C(C)/C2=C\c2ccc(C)cc2)cc1. The van der Waals surface area contributed by atoms with E-state index in [1.165, 1.54) is 12.1 Å². The average molecular weight is 518 g/mol. The monoisotopic (exact) mass is 517 g/mol. The number of amides is 1. The van der Waals surface area contributed by atoms with Crippen molar-refractivity contribution in [1.29, 1.82) is 0 Å². The highest BCUT2D eigenvalue weighted by Crippen LogP contribution is 2.37. The zero-order chi connectivity index (χ0) is 26.6. The number of anilines is 1. The van der Waals surface area contributed by atoms with E-state index >= 15 is 0 Å². The fourth-order valence-corrected chi connectivity index (χ4v) is 5.06.